The number of anilines is 1. The van der Waals surface area contributed by atoms with E-state index in [-0.39, 0.29) is 5.56 Å². The van der Waals surface area contributed by atoms with Crippen molar-refractivity contribution in [3.05, 3.63) is 20.8 Å². The van der Waals surface area contributed by atoms with E-state index < -0.39 is 0 Å². The average molecular weight is 361 g/mol. The first-order valence-electron chi connectivity index (χ1n) is 9.75. The molecule has 136 valence electrons. The molecule has 1 aliphatic carbocycles. The molecule has 1 saturated heterocycles. The number of nitrogens with zero attached hydrogens (tertiary/aromatic N) is 4. The van der Waals surface area contributed by atoms with Gasteiger partial charge in [-0.25, -0.2) is 4.98 Å². The Morgan fingerprint density at radius 1 is 1.08 bits per heavy atom. The minimum Gasteiger partial charge on any atom is -0.340 e. The smallest absolute Gasteiger partial charge is 0.263 e. The largest absolute Gasteiger partial charge is 0.340 e. The summed E-state index contributed by atoms with van der Waals surface area (Å²) in [5, 5.41) is 0.920. The first kappa shape index (κ1) is 17.0. The van der Waals surface area contributed by atoms with Crippen molar-refractivity contribution in [1.82, 2.24) is 14.5 Å². The summed E-state index contributed by atoms with van der Waals surface area (Å²) in [7, 11) is 0. The number of fused-ring (bicyclic) bond motifs is 3. The van der Waals surface area contributed by atoms with Gasteiger partial charge in [-0.1, -0.05) is 13.8 Å². The fourth-order valence-corrected chi connectivity index (χ4v) is 5.41. The minimum absolute atomic E-state index is 0.194. The van der Waals surface area contributed by atoms with Gasteiger partial charge in [0.1, 0.15) is 4.83 Å². The monoisotopic (exact) mass is 360 g/mol. The zero-order valence-electron chi connectivity index (χ0n) is 15.4. The highest BCUT2D eigenvalue weighted by Gasteiger charge is 2.25. The standard InChI is InChI=1S/C19H28N4OS/c1-3-9-23-18(24)16-14-7-5-6-8-15(14)25-17(16)20-19(23)22-12-10-21(4-2)11-13-22/h3-13H2,1-2H3. The van der Waals surface area contributed by atoms with E-state index in [2.05, 4.69) is 23.6 Å². The number of aromatic nitrogens is 2. The van der Waals surface area contributed by atoms with Crippen LogP contribution in [0.15, 0.2) is 4.79 Å². The van der Waals surface area contributed by atoms with E-state index in [0.717, 1.165) is 74.7 Å². The summed E-state index contributed by atoms with van der Waals surface area (Å²) in [6.45, 7) is 10.2. The molecule has 25 heavy (non-hydrogen) atoms. The average Bonchev–Trinajstić information content (AvgIpc) is 3.02. The summed E-state index contributed by atoms with van der Waals surface area (Å²) in [5.41, 5.74) is 1.50. The third-order valence-corrected chi connectivity index (χ3v) is 6.79. The van der Waals surface area contributed by atoms with E-state index in [1.807, 2.05) is 4.57 Å². The third kappa shape index (κ3) is 2.99. The summed E-state index contributed by atoms with van der Waals surface area (Å²) in [4.78, 5) is 25.5. The van der Waals surface area contributed by atoms with Crippen LogP contribution in [0.1, 0.15) is 43.6 Å². The molecule has 1 aliphatic heterocycles. The van der Waals surface area contributed by atoms with Gasteiger partial charge in [-0.3, -0.25) is 9.36 Å². The Bertz CT molecular complexity index is 817. The lowest BCUT2D eigenvalue weighted by Gasteiger charge is -2.35. The fraction of sp³-hybridized carbons (Fsp3) is 0.684. The van der Waals surface area contributed by atoms with Gasteiger partial charge in [0.2, 0.25) is 5.95 Å². The van der Waals surface area contributed by atoms with Crippen LogP contribution in [0.5, 0.6) is 0 Å². The molecule has 2 aliphatic rings. The number of likely N-dealkylation sites (N-methyl/N-ethyl adjacent to an activating group) is 1. The quantitative estimate of drug-likeness (QED) is 0.841. The number of piperazine rings is 1. The van der Waals surface area contributed by atoms with Crippen LogP contribution in [0.4, 0.5) is 5.95 Å². The van der Waals surface area contributed by atoms with Crippen LogP contribution in [-0.4, -0.2) is 47.2 Å². The molecule has 0 amide bonds. The molecule has 6 heteroatoms. The first-order valence-corrected chi connectivity index (χ1v) is 10.6. The van der Waals surface area contributed by atoms with Gasteiger partial charge in [-0.2, -0.15) is 0 Å². The predicted octanol–water partition coefficient (Wildman–Crippen LogP) is 2.89. The van der Waals surface area contributed by atoms with Crippen LogP contribution in [0.3, 0.4) is 0 Å². The van der Waals surface area contributed by atoms with Crippen LogP contribution >= 0.6 is 11.3 Å². The summed E-state index contributed by atoms with van der Waals surface area (Å²) in [6.07, 6.45) is 5.57. The summed E-state index contributed by atoms with van der Waals surface area (Å²) < 4.78 is 1.95. The highest BCUT2D eigenvalue weighted by molar-refractivity contribution is 7.18. The van der Waals surface area contributed by atoms with Crippen LogP contribution in [0.2, 0.25) is 0 Å². The normalized spacial score (nSPS) is 18.7. The van der Waals surface area contributed by atoms with E-state index >= 15 is 0 Å². The van der Waals surface area contributed by atoms with Gasteiger partial charge < -0.3 is 9.80 Å². The van der Waals surface area contributed by atoms with Gasteiger partial charge in [0, 0.05) is 37.6 Å². The van der Waals surface area contributed by atoms with E-state index in [0.29, 0.717) is 0 Å². The molecule has 0 atom stereocenters. The lowest BCUT2D eigenvalue weighted by molar-refractivity contribution is 0.268. The van der Waals surface area contributed by atoms with Gasteiger partial charge in [-0.15, -0.1) is 11.3 Å². The molecule has 0 radical (unpaired) electrons. The Hall–Kier alpha value is -1.40. The lowest BCUT2D eigenvalue weighted by Crippen LogP contribution is -2.48. The number of hydrogen-bond acceptors (Lipinski definition) is 5. The maximum Gasteiger partial charge on any atom is 0.263 e. The zero-order valence-corrected chi connectivity index (χ0v) is 16.2. The van der Waals surface area contributed by atoms with E-state index in [9.17, 15) is 4.79 Å². The van der Waals surface area contributed by atoms with E-state index in [4.69, 9.17) is 4.98 Å². The number of hydrogen-bond donors (Lipinski definition) is 0. The van der Waals surface area contributed by atoms with Crippen molar-refractivity contribution >= 4 is 27.5 Å². The predicted molar refractivity (Wildman–Crippen MR) is 105 cm³/mol. The topological polar surface area (TPSA) is 41.4 Å². The first-order chi connectivity index (χ1) is 12.2. The van der Waals surface area contributed by atoms with Crippen molar-refractivity contribution in [3.63, 3.8) is 0 Å². The second-order valence-electron chi connectivity index (χ2n) is 7.18. The molecule has 3 heterocycles. The maximum atomic E-state index is 13.3. The second kappa shape index (κ2) is 7.08. The highest BCUT2D eigenvalue weighted by atomic mass is 32.1. The molecule has 0 unspecified atom stereocenters. The van der Waals surface area contributed by atoms with Crippen molar-refractivity contribution < 1.29 is 0 Å². The fourth-order valence-electron chi connectivity index (χ4n) is 4.16. The van der Waals surface area contributed by atoms with Gasteiger partial charge >= 0.3 is 0 Å². The van der Waals surface area contributed by atoms with Gasteiger partial charge in [0.05, 0.1) is 5.39 Å². The van der Waals surface area contributed by atoms with Crippen molar-refractivity contribution in [2.75, 3.05) is 37.6 Å². The molecule has 0 spiro atoms. The Balaban J connectivity index is 1.80. The highest BCUT2D eigenvalue weighted by Crippen LogP contribution is 2.34. The Morgan fingerprint density at radius 3 is 2.56 bits per heavy atom. The Morgan fingerprint density at radius 2 is 1.84 bits per heavy atom. The molecule has 2 aromatic rings. The van der Waals surface area contributed by atoms with Crippen LogP contribution in [-0.2, 0) is 19.4 Å². The molecular weight excluding hydrogens is 332 g/mol. The van der Waals surface area contributed by atoms with E-state index in [1.54, 1.807) is 11.3 Å². The second-order valence-corrected chi connectivity index (χ2v) is 8.26. The number of aryl methyl sites for hydroxylation is 2. The molecule has 0 saturated carbocycles. The van der Waals surface area contributed by atoms with Gasteiger partial charge in [0.15, 0.2) is 0 Å². The summed E-state index contributed by atoms with van der Waals surface area (Å²) in [5.74, 6) is 0.897. The Labute approximate surface area is 153 Å². The third-order valence-electron chi connectivity index (χ3n) is 5.60. The van der Waals surface area contributed by atoms with Crippen molar-refractivity contribution in [3.8, 4) is 0 Å². The lowest BCUT2D eigenvalue weighted by atomic mass is 9.97. The van der Waals surface area contributed by atoms with Crippen LogP contribution in [0, 0.1) is 0 Å². The summed E-state index contributed by atoms with van der Waals surface area (Å²) in [6, 6.07) is 0. The number of thiophene rings is 1. The minimum atomic E-state index is 0.194. The van der Waals surface area contributed by atoms with E-state index in [1.165, 1.54) is 23.3 Å². The van der Waals surface area contributed by atoms with Crippen molar-refractivity contribution in [2.24, 2.45) is 0 Å². The van der Waals surface area contributed by atoms with Gasteiger partial charge in [0.25, 0.3) is 5.56 Å². The van der Waals surface area contributed by atoms with Crippen LogP contribution in [0.25, 0.3) is 10.2 Å². The van der Waals surface area contributed by atoms with Crippen molar-refractivity contribution in [1.29, 1.82) is 0 Å². The molecule has 2 aromatic heterocycles. The van der Waals surface area contributed by atoms with Gasteiger partial charge in [-0.05, 0) is 44.2 Å². The molecule has 0 aromatic carbocycles. The molecule has 4 rings (SSSR count). The molecule has 5 nitrogen and oxygen atoms in total. The Kier molecular flexibility index (Phi) is 4.82. The van der Waals surface area contributed by atoms with Crippen LogP contribution < -0.4 is 10.5 Å². The molecule has 0 bridgehead atoms. The number of rotatable bonds is 4. The maximum absolute atomic E-state index is 13.3. The summed E-state index contributed by atoms with van der Waals surface area (Å²) >= 11 is 1.76. The zero-order chi connectivity index (χ0) is 17.4. The molecule has 0 N–H and O–H groups in total. The SMILES string of the molecule is CCCn1c(N2CCN(CC)CC2)nc2sc3c(c2c1=O)CCCC3. The molecule has 1 fully saturated rings. The molecular formula is C19H28N4OS. The van der Waals surface area contributed by atoms with Crippen molar-refractivity contribution in [2.45, 2.75) is 52.5 Å².